The number of hydrogen-bond acceptors (Lipinski definition) is 3. The maximum absolute atomic E-state index is 11.1. The van der Waals surface area contributed by atoms with Crippen LogP contribution in [0, 0.1) is 5.92 Å². The highest BCUT2D eigenvalue weighted by atomic mass is 16.1. The first kappa shape index (κ1) is 10.4. The van der Waals surface area contributed by atoms with Crippen LogP contribution in [0.15, 0.2) is 6.07 Å². The van der Waals surface area contributed by atoms with Crippen LogP contribution in [0.5, 0.6) is 0 Å². The van der Waals surface area contributed by atoms with Gasteiger partial charge < -0.3 is 4.90 Å². The Morgan fingerprint density at radius 1 is 1.73 bits per heavy atom. The Kier molecular flexibility index (Phi) is 2.86. The Labute approximate surface area is 89.7 Å². The highest BCUT2D eigenvalue weighted by Gasteiger charge is 2.20. The van der Waals surface area contributed by atoms with Crippen LogP contribution in [-0.4, -0.2) is 41.0 Å². The van der Waals surface area contributed by atoms with E-state index >= 15 is 0 Å². The molecule has 1 fully saturated rings. The maximum Gasteiger partial charge on any atom is 0.179 e. The SMILES string of the molecule is CC(=O)c1cc(CC2CCN(C)C2)[nH]n1. The molecule has 1 N–H and O–H groups in total. The summed E-state index contributed by atoms with van der Waals surface area (Å²) in [5, 5.41) is 6.93. The lowest BCUT2D eigenvalue weighted by atomic mass is 10.0. The summed E-state index contributed by atoms with van der Waals surface area (Å²) in [6.07, 6.45) is 2.25. The largest absolute Gasteiger partial charge is 0.306 e. The number of carbonyl (C=O) groups is 1. The van der Waals surface area contributed by atoms with Crippen LogP contribution in [0.3, 0.4) is 0 Å². The molecule has 1 aromatic heterocycles. The lowest BCUT2D eigenvalue weighted by molar-refractivity contribution is 0.101. The van der Waals surface area contributed by atoms with E-state index in [2.05, 4.69) is 22.1 Å². The van der Waals surface area contributed by atoms with Crippen LogP contribution in [0.1, 0.15) is 29.5 Å². The predicted octanol–water partition coefficient (Wildman–Crippen LogP) is 1.11. The van der Waals surface area contributed by atoms with Crippen molar-refractivity contribution in [2.45, 2.75) is 19.8 Å². The summed E-state index contributed by atoms with van der Waals surface area (Å²) < 4.78 is 0. The van der Waals surface area contributed by atoms with Crippen LogP contribution < -0.4 is 0 Å². The second-order valence-corrected chi connectivity index (χ2v) is 4.46. The monoisotopic (exact) mass is 207 g/mol. The van der Waals surface area contributed by atoms with Gasteiger partial charge in [-0.25, -0.2) is 0 Å². The summed E-state index contributed by atoms with van der Waals surface area (Å²) in [7, 11) is 2.15. The molecular weight excluding hydrogens is 190 g/mol. The molecule has 1 unspecified atom stereocenters. The van der Waals surface area contributed by atoms with Gasteiger partial charge in [-0.05, 0) is 38.4 Å². The Balaban J connectivity index is 1.96. The quantitative estimate of drug-likeness (QED) is 0.755. The molecule has 2 rings (SSSR count). The molecule has 4 nitrogen and oxygen atoms in total. The van der Waals surface area contributed by atoms with Crippen LogP contribution in [0.2, 0.25) is 0 Å². The van der Waals surface area contributed by atoms with E-state index in [1.54, 1.807) is 6.92 Å². The van der Waals surface area contributed by atoms with Gasteiger partial charge in [-0.2, -0.15) is 5.10 Å². The second-order valence-electron chi connectivity index (χ2n) is 4.46. The highest BCUT2D eigenvalue weighted by Crippen LogP contribution is 2.18. The van der Waals surface area contributed by atoms with Crippen molar-refractivity contribution in [1.82, 2.24) is 15.1 Å². The van der Waals surface area contributed by atoms with Gasteiger partial charge in [0.25, 0.3) is 0 Å². The fourth-order valence-corrected chi connectivity index (χ4v) is 2.15. The van der Waals surface area contributed by atoms with Gasteiger partial charge >= 0.3 is 0 Å². The summed E-state index contributed by atoms with van der Waals surface area (Å²) in [4.78, 5) is 13.4. The third-order valence-corrected chi connectivity index (χ3v) is 2.99. The number of aromatic amines is 1. The Morgan fingerprint density at radius 2 is 2.53 bits per heavy atom. The Morgan fingerprint density at radius 3 is 3.07 bits per heavy atom. The smallest absolute Gasteiger partial charge is 0.179 e. The van der Waals surface area contributed by atoms with Crippen molar-refractivity contribution in [2.24, 2.45) is 5.92 Å². The molecule has 82 valence electrons. The van der Waals surface area contributed by atoms with Crippen molar-refractivity contribution >= 4 is 5.78 Å². The number of rotatable bonds is 3. The molecule has 1 atom stereocenters. The molecule has 0 aliphatic carbocycles. The standard InChI is InChI=1S/C11H17N3O/c1-8(15)11-6-10(12-13-11)5-9-3-4-14(2)7-9/h6,9H,3-5,7H2,1-2H3,(H,12,13). The summed E-state index contributed by atoms with van der Waals surface area (Å²) in [5.41, 5.74) is 1.64. The fraction of sp³-hybridized carbons (Fsp3) is 0.636. The van der Waals surface area contributed by atoms with E-state index in [4.69, 9.17) is 0 Å². The number of nitrogens with one attached hydrogen (secondary N) is 1. The average molecular weight is 207 g/mol. The van der Waals surface area contributed by atoms with E-state index in [1.165, 1.54) is 13.0 Å². The number of Topliss-reactive ketones (excluding diaryl/α,β-unsaturated/α-hetero) is 1. The molecule has 1 aromatic rings. The van der Waals surface area contributed by atoms with Crippen LogP contribution in [0.4, 0.5) is 0 Å². The van der Waals surface area contributed by atoms with Gasteiger partial charge in [0.05, 0.1) is 0 Å². The summed E-state index contributed by atoms with van der Waals surface area (Å²) in [5.74, 6) is 0.733. The maximum atomic E-state index is 11.1. The third-order valence-electron chi connectivity index (χ3n) is 2.99. The average Bonchev–Trinajstić information content (AvgIpc) is 2.76. The lowest BCUT2D eigenvalue weighted by Gasteiger charge is -2.08. The Hall–Kier alpha value is -1.16. The molecule has 15 heavy (non-hydrogen) atoms. The van der Waals surface area contributed by atoms with Gasteiger partial charge in [0, 0.05) is 19.2 Å². The summed E-state index contributed by atoms with van der Waals surface area (Å²) in [6, 6.07) is 1.88. The van der Waals surface area contributed by atoms with Gasteiger partial charge in [-0.1, -0.05) is 0 Å². The first-order valence-electron chi connectivity index (χ1n) is 5.39. The number of nitrogens with zero attached hydrogens (tertiary/aromatic N) is 2. The molecule has 2 heterocycles. The van der Waals surface area contributed by atoms with Gasteiger partial charge in [0.15, 0.2) is 5.78 Å². The molecule has 4 heteroatoms. The summed E-state index contributed by atoms with van der Waals surface area (Å²) >= 11 is 0. The predicted molar refractivity (Wildman–Crippen MR) is 57.9 cm³/mol. The molecule has 0 amide bonds. The van der Waals surface area contributed by atoms with Gasteiger partial charge in [0.2, 0.25) is 0 Å². The molecule has 0 aromatic carbocycles. The minimum absolute atomic E-state index is 0.0287. The van der Waals surface area contributed by atoms with Gasteiger partial charge in [-0.3, -0.25) is 9.89 Å². The van der Waals surface area contributed by atoms with Crippen molar-refractivity contribution in [1.29, 1.82) is 0 Å². The summed E-state index contributed by atoms with van der Waals surface area (Å²) in [6.45, 7) is 3.87. The van der Waals surface area contributed by atoms with E-state index in [0.29, 0.717) is 11.6 Å². The first-order chi connectivity index (χ1) is 7.15. The first-order valence-corrected chi connectivity index (χ1v) is 5.39. The molecular formula is C11H17N3O. The molecule has 1 aliphatic rings. The molecule has 0 saturated carbocycles. The Bertz CT molecular complexity index is 358. The van der Waals surface area contributed by atoms with Gasteiger partial charge in [0.1, 0.15) is 5.69 Å². The zero-order chi connectivity index (χ0) is 10.8. The van der Waals surface area contributed by atoms with Gasteiger partial charge in [-0.15, -0.1) is 0 Å². The second kappa shape index (κ2) is 4.14. The van der Waals surface area contributed by atoms with E-state index in [1.807, 2.05) is 6.07 Å². The minimum atomic E-state index is 0.0287. The van der Waals surface area contributed by atoms with Crippen molar-refractivity contribution < 1.29 is 4.79 Å². The minimum Gasteiger partial charge on any atom is -0.306 e. The van der Waals surface area contributed by atoms with Crippen LogP contribution >= 0.6 is 0 Å². The molecule has 1 saturated heterocycles. The molecule has 0 bridgehead atoms. The van der Waals surface area contributed by atoms with E-state index < -0.39 is 0 Å². The van der Waals surface area contributed by atoms with Crippen molar-refractivity contribution in [3.8, 4) is 0 Å². The number of H-pyrrole nitrogens is 1. The van der Waals surface area contributed by atoms with Crippen molar-refractivity contribution in [3.63, 3.8) is 0 Å². The third kappa shape index (κ3) is 2.45. The number of carbonyl (C=O) groups excluding carboxylic acids is 1. The number of likely N-dealkylation sites (tertiary alicyclic amines) is 1. The normalized spacial score (nSPS) is 22.1. The van der Waals surface area contributed by atoms with Crippen molar-refractivity contribution in [2.75, 3.05) is 20.1 Å². The topological polar surface area (TPSA) is 49.0 Å². The number of ketones is 1. The highest BCUT2D eigenvalue weighted by molar-refractivity contribution is 5.92. The number of aromatic nitrogens is 2. The van der Waals surface area contributed by atoms with Crippen LogP contribution in [-0.2, 0) is 6.42 Å². The zero-order valence-corrected chi connectivity index (χ0v) is 9.29. The zero-order valence-electron chi connectivity index (χ0n) is 9.29. The number of hydrogen-bond donors (Lipinski definition) is 1. The van der Waals surface area contributed by atoms with E-state index in [9.17, 15) is 4.79 Å². The molecule has 0 radical (unpaired) electrons. The molecule has 0 spiro atoms. The lowest BCUT2D eigenvalue weighted by Crippen LogP contribution is -2.15. The van der Waals surface area contributed by atoms with Crippen LogP contribution in [0.25, 0.3) is 0 Å². The van der Waals surface area contributed by atoms with E-state index in [-0.39, 0.29) is 5.78 Å². The molecule has 1 aliphatic heterocycles. The fourth-order valence-electron chi connectivity index (χ4n) is 2.15. The van der Waals surface area contributed by atoms with E-state index in [0.717, 1.165) is 18.7 Å². The van der Waals surface area contributed by atoms with Crippen molar-refractivity contribution in [3.05, 3.63) is 17.5 Å².